The van der Waals surface area contributed by atoms with Gasteiger partial charge in [-0.2, -0.15) is 0 Å². The van der Waals surface area contributed by atoms with Crippen LogP contribution in [-0.4, -0.2) is 54.1 Å². The Morgan fingerprint density at radius 3 is 2.23 bits per heavy atom. The molecule has 39 heavy (non-hydrogen) atoms. The first-order chi connectivity index (χ1) is 18.8. The fraction of sp³-hybridized carbons (Fsp3) is 0.250. The van der Waals surface area contributed by atoms with Gasteiger partial charge in [-0.15, -0.1) is 0 Å². The van der Waals surface area contributed by atoms with E-state index >= 15 is 0 Å². The summed E-state index contributed by atoms with van der Waals surface area (Å²) in [5.74, 6) is -1.44. The van der Waals surface area contributed by atoms with Crippen LogP contribution >= 0.6 is 11.8 Å². The molecule has 1 atom stereocenters. The number of benzene rings is 2. The summed E-state index contributed by atoms with van der Waals surface area (Å²) < 4.78 is 15.5. The molecular formula is C28H27N3O7S. The van der Waals surface area contributed by atoms with E-state index in [0.717, 1.165) is 11.8 Å². The number of hydrogen-bond donors (Lipinski definition) is 1. The summed E-state index contributed by atoms with van der Waals surface area (Å²) in [4.78, 5) is 57.3. The number of amidine groups is 1. The zero-order chi connectivity index (χ0) is 28.1. The lowest BCUT2D eigenvalue weighted by Gasteiger charge is -2.38. The highest BCUT2D eigenvalue weighted by atomic mass is 32.2. The molecule has 2 heterocycles. The third-order valence-electron chi connectivity index (χ3n) is 5.89. The SMILES string of the molecule is CCOC(=O)C1=C(C)N=C2SC(C(=O)Nc3ccc(C(=O)OCC)cc3)=CC(=O)N2C1c1ccc(OC)cc1. The van der Waals surface area contributed by atoms with Crippen LogP contribution in [0.3, 0.4) is 0 Å². The number of rotatable bonds is 8. The summed E-state index contributed by atoms with van der Waals surface area (Å²) in [7, 11) is 1.55. The monoisotopic (exact) mass is 549 g/mol. The number of nitrogens with one attached hydrogen (secondary N) is 1. The molecule has 11 heteroatoms. The van der Waals surface area contributed by atoms with Crippen molar-refractivity contribution in [2.75, 3.05) is 25.6 Å². The van der Waals surface area contributed by atoms with Crippen LogP contribution in [0.1, 0.15) is 42.7 Å². The second kappa shape index (κ2) is 12.0. The first-order valence-corrected chi connectivity index (χ1v) is 13.0. The van der Waals surface area contributed by atoms with E-state index in [0.29, 0.717) is 28.3 Å². The molecule has 4 rings (SSSR count). The van der Waals surface area contributed by atoms with E-state index in [1.165, 1.54) is 11.0 Å². The second-order valence-electron chi connectivity index (χ2n) is 8.36. The van der Waals surface area contributed by atoms with Crippen molar-refractivity contribution in [3.63, 3.8) is 0 Å². The van der Waals surface area contributed by atoms with E-state index in [9.17, 15) is 19.2 Å². The van der Waals surface area contributed by atoms with Crippen molar-refractivity contribution in [3.05, 3.63) is 81.9 Å². The molecule has 0 bridgehead atoms. The van der Waals surface area contributed by atoms with Crippen molar-refractivity contribution in [2.45, 2.75) is 26.8 Å². The van der Waals surface area contributed by atoms with Gasteiger partial charge in [-0.05, 0) is 74.5 Å². The van der Waals surface area contributed by atoms with E-state index in [4.69, 9.17) is 14.2 Å². The van der Waals surface area contributed by atoms with Crippen LogP contribution in [0.5, 0.6) is 5.75 Å². The topological polar surface area (TPSA) is 124 Å². The number of methoxy groups -OCH3 is 1. The number of carbonyl (C=O) groups excluding carboxylic acids is 4. The molecule has 2 amide bonds. The lowest BCUT2D eigenvalue weighted by Crippen LogP contribution is -2.45. The van der Waals surface area contributed by atoms with Crippen molar-refractivity contribution < 1.29 is 33.4 Å². The molecule has 0 aliphatic carbocycles. The van der Waals surface area contributed by atoms with Gasteiger partial charge in [0.1, 0.15) is 5.75 Å². The van der Waals surface area contributed by atoms with Crippen molar-refractivity contribution in [1.29, 1.82) is 0 Å². The molecule has 2 aromatic carbocycles. The Kier molecular flexibility index (Phi) is 8.50. The Labute approximate surface area is 229 Å². The highest BCUT2D eigenvalue weighted by molar-refractivity contribution is 8.18. The minimum Gasteiger partial charge on any atom is -0.497 e. The number of anilines is 1. The van der Waals surface area contributed by atoms with Crippen LogP contribution in [0.4, 0.5) is 5.69 Å². The van der Waals surface area contributed by atoms with Gasteiger partial charge in [-0.25, -0.2) is 14.6 Å². The van der Waals surface area contributed by atoms with E-state index in [-0.39, 0.29) is 28.9 Å². The van der Waals surface area contributed by atoms with Crippen LogP contribution in [0.2, 0.25) is 0 Å². The highest BCUT2D eigenvalue weighted by Crippen LogP contribution is 2.42. The van der Waals surface area contributed by atoms with E-state index in [1.807, 2.05) is 0 Å². The molecule has 0 aromatic heterocycles. The van der Waals surface area contributed by atoms with Gasteiger partial charge in [-0.1, -0.05) is 12.1 Å². The van der Waals surface area contributed by atoms with Crippen LogP contribution in [0, 0.1) is 0 Å². The predicted molar refractivity (Wildman–Crippen MR) is 146 cm³/mol. The first-order valence-electron chi connectivity index (χ1n) is 12.2. The molecule has 0 saturated heterocycles. The molecular weight excluding hydrogens is 522 g/mol. The molecule has 0 fully saturated rings. The molecule has 202 valence electrons. The minimum absolute atomic E-state index is 0.130. The van der Waals surface area contributed by atoms with E-state index < -0.39 is 29.8 Å². The summed E-state index contributed by atoms with van der Waals surface area (Å²) in [6.45, 7) is 5.51. The van der Waals surface area contributed by atoms with Crippen molar-refractivity contribution >= 4 is 46.4 Å². The highest BCUT2D eigenvalue weighted by Gasteiger charge is 2.42. The Hall–Kier alpha value is -4.38. The normalized spacial score (nSPS) is 16.6. The lowest BCUT2D eigenvalue weighted by atomic mass is 9.94. The van der Waals surface area contributed by atoms with Crippen LogP contribution in [0.25, 0.3) is 0 Å². The van der Waals surface area contributed by atoms with Gasteiger partial charge < -0.3 is 19.5 Å². The quantitative estimate of drug-likeness (QED) is 0.486. The number of aliphatic imine (C=N–C) groups is 1. The average molecular weight is 550 g/mol. The number of carbonyl (C=O) groups is 4. The van der Waals surface area contributed by atoms with Gasteiger partial charge in [0.15, 0.2) is 5.17 Å². The smallest absolute Gasteiger partial charge is 0.338 e. The number of nitrogens with zero attached hydrogens (tertiary/aromatic N) is 2. The predicted octanol–water partition coefficient (Wildman–Crippen LogP) is 4.22. The molecule has 1 unspecified atom stereocenters. The molecule has 0 spiro atoms. The maximum atomic E-state index is 13.4. The summed E-state index contributed by atoms with van der Waals surface area (Å²) in [5, 5.41) is 2.99. The van der Waals surface area contributed by atoms with Gasteiger partial charge in [-0.3, -0.25) is 14.5 Å². The molecule has 10 nitrogen and oxygen atoms in total. The minimum atomic E-state index is -0.807. The van der Waals surface area contributed by atoms with Gasteiger partial charge in [0.2, 0.25) is 0 Å². The van der Waals surface area contributed by atoms with Gasteiger partial charge >= 0.3 is 11.9 Å². The number of thioether (sulfide) groups is 1. The number of amides is 2. The zero-order valence-electron chi connectivity index (χ0n) is 21.8. The summed E-state index contributed by atoms with van der Waals surface area (Å²) in [6, 6.07) is 12.4. The fourth-order valence-corrected chi connectivity index (χ4v) is 5.05. The van der Waals surface area contributed by atoms with Crippen LogP contribution in [-0.2, 0) is 23.9 Å². The van der Waals surface area contributed by atoms with Crippen molar-refractivity contribution in [1.82, 2.24) is 4.90 Å². The standard InChI is InChI=1S/C28H27N3O7S/c1-5-37-26(34)18-7-11-19(12-8-18)30-25(33)21-15-22(32)31-24(17-9-13-20(36-4)14-10-17)23(27(35)38-6-2)16(3)29-28(31)39-21/h7-15,24H,5-6H2,1-4H3,(H,30,33). The molecule has 0 saturated carbocycles. The summed E-state index contributed by atoms with van der Waals surface area (Å²) >= 11 is 1.02. The fourth-order valence-electron chi connectivity index (χ4n) is 4.08. The van der Waals surface area contributed by atoms with Gasteiger partial charge in [0.05, 0.1) is 48.1 Å². The molecule has 1 N–H and O–H groups in total. The van der Waals surface area contributed by atoms with Crippen molar-refractivity contribution in [3.8, 4) is 5.75 Å². The number of ether oxygens (including phenoxy) is 3. The first kappa shape index (κ1) is 27.6. The summed E-state index contributed by atoms with van der Waals surface area (Å²) in [6.07, 6.45) is 1.21. The van der Waals surface area contributed by atoms with Gasteiger partial charge in [0.25, 0.3) is 11.8 Å². The third kappa shape index (κ3) is 5.88. The van der Waals surface area contributed by atoms with Crippen LogP contribution < -0.4 is 10.1 Å². The van der Waals surface area contributed by atoms with E-state index in [2.05, 4.69) is 10.3 Å². The summed E-state index contributed by atoms with van der Waals surface area (Å²) in [5.41, 5.74) is 2.07. The van der Waals surface area contributed by atoms with Crippen molar-refractivity contribution in [2.24, 2.45) is 4.99 Å². The van der Waals surface area contributed by atoms with E-state index in [1.54, 1.807) is 76.4 Å². The largest absolute Gasteiger partial charge is 0.497 e. The number of esters is 2. The Morgan fingerprint density at radius 2 is 1.62 bits per heavy atom. The molecule has 2 aliphatic rings. The lowest BCUT2D eigenvalue weighted by molar-refractivity contribution is -0.139. The molecule has 0 radical (unpaired) electrons. The Morgan fingerprint density at radius 1 is 0.974 bits per heavy atom. The number of fused-ring (bicyclic) bond motifs is 1. The number of hydrogen-bond acceptors (Lipinski definition) is 9. The average Bonchev–Trinajstić information content (AvgIpc) is 2.92. The maximum absolute atomic E-state index is 13.4. The zero-order valence-corrected chi connectivity index (χ0v) is 22.7. The Balaban J connectivity index is 1.63. The maximum Gasteiger partial charge on any atom is 0.338 e. The molecule has 2 aliphatic heterocycles. The van der Waals surface area contributed by atoms with Crippen LogP contribution in [0.15, 0.2) is 75.8 Å². The number of allylic oxidation sites excluding steroid dienone is 1. The molecule has 2 aromatic rings. The Bertz CT molecular complexity index is 1400. The second-order valence-corrected chi connectivity index (χ2v) is 9.37. The third-order valence-corrected chi connectivity index (χ3v) is 6.88. The van der Waals surface area contributed by atoms with Gasteiger partial charge in [0, 0.05) is 11.8 Å².